The van der Waals surface area contributed by atoms with Gasteiger partial charge in [-0.25, -0.2) is 4.79 Å². The topological polar surface area (TPSA) is 73.6 Å². The molecule has 1 unspecified atom stereocenters. The van der Waals surface area contributed by atoms with E-state index in [0.717, 1.165) is 22.6 Å². The van der Waals surface area contributed by atoms with Gasteiger partial charge in [-0.2, -0.15) is 5.10 Å². The number of nitrogens with zero attached hydrogens (tertiary/aromatic N) is 2. The number of ether oxygens (including phenoxy) is 2. The van der Waals surface area contributed by atoms with Crippen molar-refractivity contribution in [1.29, 1.82) is 0 Å². The second-order valence-corrected chi connectivity index (χ2v) is 7.39. The lowest BCUT2D eigenvalue weighted by molar-refractivity contribution is -0.131. The van der Waals surface area contributed by atoms with E-state index in [-0.39, 0.29) is 12.7 Å². The van der Waals surface area contributed by atoms with Crippen molar-refractivity contribution < 1.29 is 19.4 Å². The smallest absolute Gasteiger partial charge is 0.328 e. The minimum atomic E-state index is -1.01. The number of benzene rings is 3. The van der Waals surface area contributed by atoms with Crippen LogP contribution >= 0.6 is 0 Å². The summed E-state index contributed by atoms with van der Waals surface area (Å²) in [6.07, 6.45) is 5.98. The number of fused-ring (bicyclic) bond motifs is 1. The Kier molecular flexibility index (Phi) is 6.63. The predicted molar refractivity (Wildman–Crippen MR) is 124 cm³/mol. The highest BCUT2D eigenvalue weighted by Crippen LogP contribution is 2.27. The minimum absolute atomic E-state index is 0.273. The second kappa shape index (κ2) is 9.94. The molecule has 0 saturated carbocycles. The van der Waals surface area contributed by atoms with Crippen LogP contribution in [0.3, 0.4) is 0 Å². The Labute approximate surface area is 186 Å². The standard InChI is InChI=1S/C26H24N2O4/c1-31-25(23-10-9-20-5-2-3-6-22(20)16-23)18-32-24-15-19(17-28-14-4-13-27-28)7-8-21(24)11-12-26(29)30/h2-16,25H,17-18H2,1H3,(H,29,30). The lowest BCUT2D eigenvalue weighted by atomic mass is 10.0. The van der Waals surface area contributed by atoms with Crippen LogP contribution < -0.4 is 4.74 Å². The van der Waals surface area contributed by atoms with Crippen molar-refractivity contribution in [3.8, 4) is 5.75 Å². The molecule has 6 heteroatoms. The summed E-state index contributed by atoms with van der Waals surface area (Å²) in [5.74, 6) is -0.419. The van der Waals surface area contributed by atoms with Crippen molar-refractivity contribution >= 4 is 22.8 Å². The summed E-state index contributed by atoms with van der Waals surface area (Å²) in [5.41, 5.74) is 2.70. The van der Waals surface area contributed by atoms with E-state index >= 15 is 0 Å². The zero-order valence-electron chi connectivity index (χ0n) is 17.7. The monoisotopic (exact) mass is 428 g/mol. The molecule has 0 radical (unpaired) electrons. The number of carboxylic acids is 1. The van der Waals surface area contributed by atoms with Crippen LogP contribution in [0.5, 0.6) is 5.75 Å². The molecule has 32 heavy (non-hydrogen) atoms. The van der Waals surface area contributed by atoms with E-state index in [1.807, 2.05) is 53.3 Å². The summed E-state index contributed by atoms with van der Waals surface area (Å²) >= 11 is 0. The van der Waals surface area contributed by atoms with E-state index in [1.165, 1.54) is 11.5 Å². The Bertz CT molecular complexity index is 1230. The van der Waals surface area contributed by atoms with Gasteiger partial charge in [0.25, 0.3) is 0 Å². The number of aliphatic carboxylic acids is 1. The van der Waals surface area contributed by atoms with E-state index in [0.29, 0.717) is 17.9 Å². The summed E-state index contributed by atoms with van der Waals surface area (Å²) in [6.45, 7) is 0.874. The quantitative estimate of drug-likeness (QED) is 0.382. The first-order valence-electron chi connectivity index (χ1n) is 10.3. The van der Waals surface area contributed by atoms with Gasteiger partial charge < -0.3 is 14.6 Å². The fourth-order valence-corrected chi connectivity index (χ4v) is 3.56. The fraction of sp³-hybridized carbons (Fsp3) is 0.154. The first-order valence-corrected chi connectivity index (χ1v) is 10.3. The van der Waals surface area contributed by atoms with Crippen LogP contribution in [-0.2, 0) is 16.1 Å². The van der Waals surface area contributed by atoms with Crippen LogP contribution in [0.2, 0.25) is 0 Å². The number of carboxylic acid groups (broad SMARTS) is 1. The van der Waals surface area contributed by atoms with Crippen LogP contribution in [0.15, 0.2) is 85.2 Å². The summed E-state index contributed by atoms with van der Waals surface area (Å²) < 4.78 is 13.7. The molecular weight excluding hydrogens is 404 g/mol. The molecule has 0 aliphatic rings. The SMILES string of the molecule is COC(COc1cc(Cn2cccn2)ccc1C=CC(=O)O)c1ccc2ccccc2c1. The molecule has 4 aromatic rings. The lowest BCUT2D eigenvalue weighted by Gasteiger charge is -2.19. The van der Waals surface area contributed by atoms with Crippen molar-refractivity contribution in [2.24, 2.45) is 0 Å². The maximum atomic E-state index is 11.0. The van der Waals surface area contributed by atoms with E-state index < -0.39 is 5.97 Å². The lowest BCUT2D eigenvalue weighted by Crippen LogP contribution is -2.13. The maximum absolute atomic E-state index is 11.0. The molecule has 0 spiro atoms. The molecular formula is C26H24N2O4. The Hall–Kier alpha value is -3.90. The highest BCUT2D eigenvalue weighted by molar-refractivity contribution is 5.86. The third kappa shape index (κ3) is 5.22. The van der Waals surface area contributed by atoms with Gasteiger partial charge in [0.05, 0.1) is 6.54 Å². The van der Waals surface area contributed by atoms with Crippen LogP contribution in [0.25, 0.3) is 16.8 Å². The molecule has 0 fully saturated rings. The highest BCUT2D eigenvalue weighted by atomic mass is 16.5. The predicted octanol–water partition coefficient (Wildman–Crippen LogP) is 4.95. The van der Waals surface area contributed by atoms with Crippen molar-refractivity contribution in [2.45, 2.75) is 12.6 Å². The third-order valence-electron chi connectivity index (χ3n) is 5.21. The summed E-state index contributed by atoms with van der Waals surface area (Å²) in [6, 6.07) is 22.0. The largest absolute Gasteiger partial charge is 0.490 e. The molecule has 1 N–H and O–H groups in total. The number of rotatable bonds is 9. The Morgan fingerprint density at radius 1 is 1.09 bits per heavy atom. The van der Waals surface area contributed by atoms with Crippen LogP contribution in [0.4, 0.5) is 0 Å². The van der Waals surface area contributed by atoms with Gasteiger partial charge in [0.1, 0.15) is 18.5 Å². The van der Waals surface area contributed by atoms with Gasteiger partial charge in [0.15, 0.2) is 0 Å². The molecule has 1 aromatic heterocycles. The average molecular weight is 428 g/mol. The number of hydrogen-bond donors (Lipinski definition) is 1. The van der Waals surface area contributed by atoms with Crippen molar-refractivity contribution in [3.63, 3.8) is 0 Å². The molecule has 0 saturated heterocycles. The molecule has 6 nitrogen and oxygen atoms in total. The number of hydrogen-bond acceptors (Lipinski definition) is 4. The molecule has 0 aliphatic heterocycles. The van der Waals surface area contributed by atoms with Gasteiger partial charge in [0, 0.05) is 31.1 Å². The molecule has 0 aliphatic carbocycles. The van der Waals surface area contributed by atoms with Crippen LogP contribution in [-0.4, -0.2) is 34.6 Å². The fourth-order valence-electron chi connectivity index (χ4n) is 3.56. The Morgan fingerprint density at radius 2 is 1.94 bits per heavy atom. The van der Waals surface area contributed by atoms with Crippen molar-refractivity contribution in [2.75, 3.05) is 13.7 Å². The van der Waals surface area contributed by atoms with Crippen molar-refractivity contribution in [3.05, 3.63) is 102 Å². The van der Waals surface area contributed by atoms with Gasteiger partial charge in [-0.05, 0) is 46.2 Å². The van der Waals surface area contributed by atoms with E-state index in [4.69, 9.17) is 14.6 Å². The highest BCUT2D eigenvalue weighted by Gasteiger charge is 2.14. The zero-order valence-corrected chi connectivity index (χ0v) is 17.7. The summed E-state index contributed by atoms with van der Waals surface area (Å²) in [4.78, 5) is 11.0. The number of methoxy groups -OCH3 is 1. The Balaban J connectivity index is 1.57. The average Bonchev–Trinajstić information content (AvgIpc) is 3.31. The second-order valence-electron chi connectivity index (χ2n) is 7.39. The van der Waals surface area contributed by atoms with E-state index in [1.54, 1.807) is 13.3 Å². The molecule has 1 atom stereocenters. The summed E-state index contributed by atoms with van der Waals surface area (Å²) in [5, 5.41) is 15.6. The molecule has 4 rings (SSSR count). The van der Waals surface area contributed by atoms with Gasteiger partial charge in [0.2, 0.25) is 0 Å². The van der Waals surface area contributed by atoms with Gasteiger partial charge in [-0.1, -0.05) is 48.5 Å². The van der Waals surface area contributed by atoms with Gasteiger partial charge in [-0.15, -0.1) is 0 Å². The molecule has 1 heterocycles. The van der Waals surface area contributed by atoms with Crippen molar-refractivity contribution in [1.82, 2.24) is 9.78 Å². The zero-order chi connectivity index (χ0) is 22.3. The molecule has 0 amide bonds. The van der Waals surface area contributed by atoms with Gasteiger partial charge in [-0.3, -0.25) is 4.68 Å². The molecule has 3 aromatic carbocycles. The summed E-state index contributed by atoms with van der Waals surface area (Å²) in [7, 11) is 1.66. The minimum Gasteiger partial charge on any atom is -0.490 e. The maximum Gasteiger partial charge on any atom is 0.328 e. The Morgan fingerprint density at radius 3 is 2.69 bits per heavy atom. The first kappa shape index (κ1) is 21.3. The number of carbonyl (C=O) groups is 1. The molecule has 0 bridgehead atoms. The van der Waals surface area contributed by atoms with Gasteiger partial charge >= 0.3 is 5.97 Å². The normalized spacial score (nSPS) is 12.3. The van der Waals surface area contributed by atoms with Crippen LogP contribution in [0, 0.1) is 0 Å². The first-order chi connectivity index (χ1) is 15.6. The third-order valence-corrected chi connectivity index (χ3v) is 5.21. The molecule has 162 valence electrons. The van der Waals surface area contributed by atoms with E-state index in [9.17, 15) is 4.79 Å². The van der Waals surface area contributed by atoms with Crippen LogP contribution in [0.1, 0.15) is 22.8 Å². The number of aromatic nitrogens is 2. The van der Waals surface area contributed by atoms with E-state index in [2.05, 4.69) is 29.4 Å².